The van der Waals surface area contributed by atoms with Gasteiger partial charge >= 0.3 is 0 Å². The van der Waals surface area contributed by atoms with E-state index in [2.05, 4.69) is 5.32 Å². The van der Waals surface area contributed by atoms with Gasteiger partial charge in [-0.15, -0.1) is 0 Å². The first-order chi connectivity index (χ1) is 8.85. The predicted octanol–water partition coefficient (Wildman–Crippen LogP) is 2.18. The molecule has 1 saturated heterocycles. The van der Waals surface area contributed by atoms with Crippen molar-refractivity contribution in [2.75, 3.05) is 18.4 Å². The number of halogens is 4. The number of amides is 1. The predicted molar refractivity (Wildman–Crippen MR) is 60.5 cm³/mol. The molecule has 1 unspecified atom stereocenters. The molecule has 0 aliphatic carbocycles. The molecule has 7 heteroatoms. The van der Waals surface area contributed by atoms with E-state index < -0.39 is 40.3 Å². The van der Waals surface area contributed by atoms with Crippen molar-refractivity contribution < 1.29 is 22.4 Å². The van der Waals surface area contributed by atoms with E-state index in [0.29, 0.717) is 19.5 Å². The summed E-state index contributed by atoms with van der Waals surface area (Å²) in [4.78, 5) is 11.9. The minimum Gasteiger partial charge on any atom is -0.320 e. The average molecular weight is 276 g/mol. The minimum atomic E-state index is -1.61. The molecule has 0 spiro atoms. The number of nitrogens with one attached hydrogen (secondary N) is 2. The number of hydrogen-bond donors (Lipinski definition) is 2. The second-order valence-electron chi connectivity index (χ2n) is 4.78. The van der Waals surface area contributed by atoms with Gasteiger partial charge in [0.1, 0.15) is 5.69 Å². The monoisotopic (exact) mass is 276 g/mol. The van der Waals surface area contributed by atoms with Crippen molar-refractivity contribution in [2.24, 2.45) is 5.41 Å². The van der Waals surface area contributed by atoms with Gasteiger partial charge in [0.15, 0.2) is 23.3 Å². The lowest BCUT2D eigenvalue weighted by molar-refractivity contribution is -0.123. The van der Waals surface area contributed by atoms with Gasteiger partial charge in [-0.05, 0) is 19.9 Å². The highest BCUT2D eigenvalue weighted by molar-refractivity contribution is 5.95. The van der Waals surface area contributed by atoms with Crippen LogP contribution in [0, 0.1) is 28.7 Å². The Hall–Kier alpha value is -1.63. The first kappa shape index (κ1) is 13.8. The molecular weight excluding hydrogens is 264 g/mol. The molecule has 0 aromatic heterocycles. The summed E-state index contributed by atoms with van der Waals surface area (Å²) in [5.74, 6) is -7.00. The van der Waals surface area contributed by atoms with Crippen molar-refractivity contribution in [3.63, 3.8) is 0 Å². The first-order valence-corrected chi connectivity index (χ1v) is 5.70. The maximum absolute atomic E-state index is 13.4. The number of benzene rings is 1. The van der Waals surface area contributed by atoms with Crippen LogP contribution in [0.2, 0.25) is 0 Å². The third kappa shape index (κ3) is 2.42. The zero-order valence-electron chi connectivity index (χ0n) is 10.1. The van der Waals surface area contributed by atoms with Gasteiger partial charge in [0, 0.05) is 12.6 Å². The Morgan fingerprint density at radius 1 is 1.26 bits per heavy atom. The molecule has 1 aliphatic rings. The number of carbonyl (C=O) groups is 1. The van der Waals surface area contributed by atoms with Crippen molar-refractivity contribution in [3.8, 4) is 0 Å². The van der Waals surface area contributed by atoms with Gasteiger partial charge in [-0.1, -0.05) is 0 Å². The van der Waals surface area contributed by atoms with E-state index in [-0.39, 0.29) is 6.07 Å². The lowest BCUT2D eigenvalue weighted by Crippen LogP contribution is -2.36. The van der Waals surface area contributed by atoms with Crippen molar-refractivity contribution in [3.05, 3.63) is 29.3 Å². The molecule has 2 N–H and O–H groups in total. The maximum Gasteiger partial charge on any atom is 0.231 e. The van der Waals surface area contributed by atoms with E-state index in [1.807, 2.05) is 5.32 Å². The fraction of sp³-hybridized carbons (Fsp3) is 0.417. The van der Waals surface area contributed by atoms with Crippen LogP contribution >= 0.6 is 0 Å². The molecule has 1 aromatic carbocycles. The molecule has 2 rings (SSSR count). The SMILES string of the molecule is CC1(C(=O)Nc2c(F)c(F)cc(F)c2F)CCNC1. The molecule has 3 nitrogen and oxygen atoms in total. The van der Waals surface area contributed by atoms with Gasteiger partial charge in [0.05, 0.1) is 5.41 Å². The highest BCUT2D eigenvalue weighted by atomic mass is 19.2. The van der Waals surface area contributed by atoms with Gasteiger partial charge in [0.25, 0.3) is 0 Å². The smallest absolute Gasteiger partial charge is 0.231 e. The standard InChI is InChI=1S/C12H12F4N2O/c1-12(2-3-17-5-12)11(19)18-10-8(15)6(13)4-7(14)9(10)16/h4,17H,2-3,5H2,1H3,(H,18,19). The van der Waals surface area contributed by atoms with Crippen LogP contribution < -0.4 is 10.6 Å². The van der Waals surface area contributed by atoms with Gasteiger partial charge in [-0.3, -0.25) is 4.79 Å². The van der Waals surface area contributed by atoms with Crippen LogP contribution in [0.15, 0.2) is 6.07 Å². The first-order valence-electron chi connectivity index (χ1n) is 5.70. The molecule has 0 bridgehead atoms. The molecule has 104 valence electrons. The van der Waals surface area contributed by atoms with Crippen molar-refractivity contribution in [1.82, 2.24) is 5.32 Å². The lowest BCUT2D eigenvalue weighted by Gasteiger charge is -2.21. The van der Waals surface area contributed by atoms with E-state index in [0.717, 1.165) is 0 Å². The van der Waals surface area contributed by atoms with E-state index in [4.69, 9.17) is 0 Å². The van der Waals surface area contributed by atoms with E-state index in [1.165, 1.54) is 0 Å². The molecule has 19 heavy (non-hydrogen) atoms. The fourth-order valence-corrected chi connectivity index (χ4v) is 1.96. The van der Waals surface area contributed by atoms with Gasteiger partial charge in [-0.25, -0.2) is 17.6 Å². The maximum atomic E-state index is 13.4. The van der Waals surface area contributed by atoms with E-state index in [1.54, 1.807) is 6.92 Å². The topological polar surface area (TPSA) is 41.1 Å². The molecule has 0 saturated carbocycles. The van der Waals surface area contributed by atoms with Gasteiger partial charge < -0.3 is 10.6 Å². The molecule has 0 radical (unpaired) electrons. The summed E-state index contributed by atoms with van der Waals surface area (Å²) >= 11 is 0. The Morgan fingerprint density at radius 3 is 2.32 bits per heavy atom. The number of anilines is 1. The third-order valence-electron chi connectivity index (χ3n) is 3.27. The van der Waals surface area contributed by atoms with E-state index >= 15 is 0 Å². The molecule has 1 atom stereocenters. The fourth-order valence-electron chi connectivity index (χ4n) is 1.96. The Morgan fingerprint density at radius 2 is 1.84 bits per heavy atom. The number of hydrogen-bond acceptors (Lipinski definition) is 2. The summed E-state index contributed by atoms with van der Waals surface area (Å²) in [6, 6.07) is 0.0964. The summed E-state index contributed by atoms with van der Waals surface area (Å²) in [7, 11) is 0. The van der Waals surface area contributed by atoms with Gasteiger partial charge in [-0.2, -0.15) is 0 Å². The highest BCUT2D eigenvalue weighted by Gasteiger charge is 2.37. The highest BCUT2D eigenvalue weighted by Crippen LogP contribution is 2.29. The Labute approximate surface area is 107 Å². The minimum absolute atomic E-state index is 0.0964. The Kier molecular flexibility index (Phi) is 3.49. The summed E-state index contributed by atoms with van der Waals surface area (Å²) < 4.78 is 52.8. The molecule has 1 aromatic rings. The van der Waals surface area contributed by atoms with Crippen LogP contribution in [0.3, 0.4) is 0 Å². The normalized spacial score (nSPS) is 22.6. The largest absolute Gasteiger partial charge is 0.320 e. The zero-order valence-corrected chi connectivity index (χ0v) is 10.1. The van der Waals surface area contributed by atoms with Crippen molar-refractivity contribution in [1.29, 1.82) is 0 Å². The second kappa shape index (κ2) is 4.80. The van der Waals surface area contributed by atoms with Crippen LogP contribution in [-0.4, -0.2) is 19.0 Å². The average Bonchev–Trinajstić information content (AvgIpc) is 2.80. The number of carbonyl (C=O) groups excluding carboxylic acids is 1. The van der Waals surface area contributed by atoms with Crippen LogP contribution in [0.1, 0.15) is 13.3 Å². The second-order valence-corrected chi connectivity index (χ2v) is 4.78. The van der Waals surface area contributed by atoms with Gasteiger partial charge in [0.2, 0.25) is 5.91 Å². The summed E-state index contributed by atoms with van der Waals surface area (Å²) in [5, 5.41) is 4.87. The van der Waals surface area contributed by atoms with Crippen LogP contribution in [0.25, 0.3) is 0 Å². The number of rotatable bonds is 2. The molecule has 1 fully saturated rings. The quantitative estimate of drug-likeness (QED) is 0.642. The van der Waals surface area contributed by atoms with Crippen LogP contribution in [-0.2, 0) is 4.79 Å². The van der Waals surface area contributed by atoms with Crippen LogP contribution in [0.4, 0.5) is 23.2 Å². The van der Waals surface area contributed by atoms with Crippen LogP contribution in [0.5, 0.6) is 0 Å². The molecule has 1 aliphatic heterocycles. The van der Waals surface area contributed by atoms with Crippen molar-refractivity contribution in [2.45, 2.75) is 13.3 Å². The Bertz CT molecular complexity index is 501. The third-order valence-corrected chi connectivity index (χ3v) is 3.27. The zero-order chi connectivity index (χ0) is 14.2. The Balaban J connectivity index is 2.31. The molecule has 1 heterocycles. The molecular formula is C12H12F4N2O. The summed E-state index contributed by atoms with van der Waals surface area (Å²) in [6.45, 7) is 2.53. The molecule has 1 amide bonds. The summed E-state index contributed by atoms with van der Waals surface area (Å²) in [6.07, 6.45) is 0.472. The summed E-state index contributed by atoms with van der Waals surface area (Å²) in [5.41, 5.74) is -1.95. The van der Waals surface area contributed by atoms with Crippen molar-refractivity contribution >= 4 is 11.6 Å². The lowest BCUT2D eigenvalue weighted by atomic mass is 9.88. The van der Waals surface area contributed by atoms with E-state index in [9.17, 15) is 22.4 Å².